The number of hydrogen-bond acceptors (Lipinski definition) is 3. The van der Waals surface area contributed by atoms with E-state index in [4.69, 9.17) is 0 Å². The van der Waals surface area contributed by atoms with Gasteiger partial charge in [-0.3, -0.25) is 14.9 Å². The van der Waals surface area contributed by atoms with Crippen molar-refractivity contribution in [3.8, 4) is 0 Å². The van der Waals surface area contributed by atoms with Crippen LogP contribution in [0.4, 0.5) is 5.69 Å². The first kappa shape index (κ1) is 12.6. The number of anilines is 1. The molecule has 0 radical (unpaired) electrons. The molecule has 0 spiro atoms. The van der Waals surface area contributed by atoms with E-state index in [0.29, 0.717) is 17.0 Å². The maximum atomic E-state index is 11.5. The third-order valence-corrected chi connectivity index (χ3v) is 3.17. The average Bonchev–Trinajstić information content (AvgIpc) is 2.63. The number of rotatable bonds is 5. The first-order valence-corrected chi connectivity index (χ1v) is 6.35. The van der Waals surface area contributed by atoms with E-state index in [-0.39, 0.29) is 11.8 Å². The quantitative estimate of drug-likeness (QED) is 0.784. The lowest BCUT2D eigenvalue weighted by molar-refractivity contribution is 0.0879. The molecule has 2 rings (SSSR count). The summed E-state index contributed by atoms with van der Waals surface area (Å²) in [6.45, 7) is 5.24. The number of fused-ring (bicyclic) bond motifs is 1. The molecule has 2 amide bonds. The van der Waals surface area contributed by atoms with Gasteiger partial charge in [0.2, 0.25) is 0 Å². The predicted octanol–water partition coefficient (Wildman–Crippen LogP) is 2.42. The lowest BCUT2D eigenvalue weighted by Crippen LogP contribution is -2.19. The summed E-state index contributed by atoms with van der Waals surface area (Å²) in [5, 5.41) is 5.59. The molecule has 1 aromatic carbocycles. The van der Waals surface area contributed by atoms with Gasteiger partial charge < -0.3 is 5.32 Å². The van der Waals surface area contributed by atoms with Gasteiger partial charge in [0.15, 0.2) is 0 Å². The molecule has 1 heterocycles. The van der Waals surface area contributed by atoms with Crippen molar-refractivity contribution in [2.24, 2.45) is 5.92 Å². The minimum atomic E-state index is -0.305. The summed E-state index contributed by atoms with van der Waals surface area (Å²) in [5.74, 6) is -0.0140. The Hall–Kier alpha value is -1.84. The molecule has 4 heteroatoms. The average molecular weight is 246 g/mol. The smallest absolute Gasteiger partial charge is 0.259 e. The number of carbonyl (C=O) groups excluding carboxylic acids is 2. The Balaban J connectivity index is 2.06. The van der Waals surface area contributed by atoms with Crippen molar-refractivity contribution < 1.29 is 9.59 Å². The first-order valence-electron chi connectivity index (χ1n) is 6.35. The monoisotopic (exact) mass is 246 g/mol. The molecular weight excluding hydrogens is 228 g/mol. The molecule has 1 unspecified atom stereocenters. The number of carbonyl (C=O) groups is 2. The van der Waals surface area contributed by atoms with E-state index in [1.54, 1.807) is 12.1 Å². The molecular formula is C14H18N2O2. The molecule has 2 N–H and O–H groups in total. The van der Waals surface area contributed by atoms with Crippen LogP contribution in [0, 0.1) is 5.92 Å². The zero-order valence-electron chi connectivity index (χ0n) is 10.7. The fourth-order valence-electron chi connectivity index (χ4n) is 2.16. The van der Waals surface area contributed by atoms with Crippen molar-refractivity contribution in [1.82, 2.24) is 5.32 Å². The molecule has 0 saturated carbocycles. The van der Waals surface area contributed by atoms with Crippen LogP contribution in [-0.4, -0.2) is 18.4 Å². The zero-order chi connectivity index (χ0) is 13.1. The van der Waals surface area contributed by atoms with E-state index in [9.17, 15) is 9.59 Å². The van der Waals surface area contributed by atoms with Crippen molar-refractivity contribution in [3.05, 3.63) is 29.3 Å². The second kappa shape index (κ2) is 5.21. The van der Waals surface area contributed by atoms with E-state index in [1.807, 2.05) is 6.07 Å². The van der Waals surface area contributed by atoms with Crippen LogP contribution < -0.4 is 10.6 Å². The Morgan fingerprint density at radius 2 is 1.94 bits per heavy atom. The summed E-state index contributed by atoms with van der Waals surface area (Å²) in [6, 6.07) is 5.28. The van der Waals surface area contributed by atoms with E-state index in [1.165, 1.54) is 12.8 Å². The normalized spacial score (nSPS) is 15.2. The van der Waals surface area contributed by atoms with E-state index < -0.39 is 0 Å². The van der Waals surface area contributed by atoms with Gasteiger partial charge in [0, 0.05) is 12.2 Å². The summed E-state index contributed by atoms with van der Waals surface area (Å²) in [6.07, 6.45) is 2.35. The molecule has 1 aliphatic rings. The highest BCUT2D eigenvalue weighted by Crippen LogP contribution is 2.20. The third-order valence-electron chi connectivity index (χ3n) is 3.17. The van der Waals surface area contributed by atoms with E-state index in [2.05, 4.69) is 24.5 Å². The molecule has 0 aliphatic carbocycles. The van der Waals surface area contributed by atoms with Crippen molar-refractivity contribution in [1.29, 1.82) is 0 Å². The van der Waals surface area contributed by atoms with Crippen LogP contribution in [0.5, 0.6) is 0 Å². The van der Waals surface area contributed by atoms with Crippen molar-refractivity contribution in [2.45, 2.75) is 26.7 Å². The maximum absolute atomic E-state index is 11.5. The minimum Gasteiger partial charge on any atom is -0.385 e. The summed E-state index contributed by atoms with van der Waals surface area (Å²) in [5.41, 5.74) is 1.82. The van der Waals surface area contributed by atoms with E-state index >= 15 is 0 Å². The Kier molecular flexibility index (Phi) is 3.65. The highest BCUT2D eigenvalue weighted by atomic mass is 16.2. The molecule has 0 bridgehead atoms. The zero-order valence-corrected chi connectivity index (χ0v) is 10.7. The Labute approximate surface area is 107 Å². The molecule has 4 nitrogen and oxygen atoms in total. The number of amides is 2. The number of imide groups is 1. The predicted molar refractivity (Wildman–Crippen MR) is 70.8 cm³/mol. The van der Waals surface area contributed by atoms with Gasteiger partial charge in [0.1, 0.15) is 0 Å². The van der Waals surface area contributed by atoms with Gasteiger partial charge in [-0.2, -0.15) is 0 Å². The fraction of sp³-hybridized carbons (Fsp3) is 0.429. The van der Waals surface area contributed by atoms with Gasteiger partial charge in [0.25, 0.3) is 11.8 Å². The molecule has 1 aliphatic heterocycles. The Morgan fingerprint density at radius 1 is 1.22 bits per heavy atom. The third kappa shape index (κ3) is 2.53. The van der Waals surface area contributed by atoms with Gasteiger partial charge in [-0.25, -0.2) is 0 Å². The van der Waals surface area contributed by atoms with Crippen molar-refractivity contribution in [2.75, 3.05) is 11.9 Å². The molecule has 1 atom stereocenters. The second-order valence-corrected chi connectivity index (χ2v) is 4.82. The van der Waals surface area contributed by atoms with Gasteiger partial charge in [0.05, 0.1) is 11.1 Å². The molecule has 0 aromatic heterocycles. The van der Waals surface area contributed by atoms with Crippen molar-refractivity contribution >= 4 is 17.5 Å². The number of hydrogen-bond donors (Lipinski definition) is 2. The highest BCUT2D eigenvalue weighted by molar-refractivity contribution is 6.21. The first-order chi connectivity index (χ1) is 8.61. The lowest BCUT2D eigenvalue weighted by atomic mass is 10.1. The maximum Gasteiger partial charge on any atom is 0.259 e. The van der Waals surface area contributed by atoms with Gasteiger partial charge >= 0.3 is 0 Å². The largest absolute Gasteiger partial charge is 0.385 e. The van der Waals surface area contributed by atoms with Crippen LogP contribution in [0.15, 0.2) is 18.2 Å². The SMILES string of the molecule is CCCC(C)CNc1ccc2c(c1)C(=O)NC2=O. The summed E-state index contributed by atoms with van der Waals surface area (Å²) in [4.78, 5) is 22.9. The molecule has 96 valence electrons. The second-order valence-electron chi connectivity index (χ2n) is 4.82. The van der Waals surface area contributed by atoms with E-state index in [0.717, 1.165) is 12.2 Å². The summed E-state index contributed by atoms with van der Waals surface area (Å²) in [7, 11) is 0. The van der Waals surface area contributed by atoms with Crippen LogP contribution in [0.25, 0.3) is 0 Å². The van der Waals surface area contributed by atoms with Gasteiger partial charge in [-0.05, 0) is 30.5 Å². The number of benzene rings is 1. The van der Waals surface area contributed by atoms with Crippen LogP contribution in [-0.2, 0) is 0 Å². The van der Waals surface area contributed by atoms with Crippen LogP contribution in [0.1, 0.15) is 47.4 Å². The van der Waals surface area contributed by atoms with Crippen LogP contribution >= 0.6 is 0 Å². The Bertz CT molecular complexity index is 483. The Morgan fingerprint density at radius 3 is 2.67 bits per heavy atom. The minimum absolute atomic E-state index is 0.305. The van der Waals surface area contributed by atoms with Gasteiger partial charge in [-0.15, -0.1) is 0 Å². The summed E-state index contributed by atoms with van der Waals surface area (Å²) >= 11 is 0. The number of nitrogens with one attached hydrogen (secondary N) is 2. The lowest BCUT2D eigenvalue weighted by Gasteiger charge is -2.12. The fourth-order valence-corrected chi connectivity index (χ4v) is 2.16. The molecule has 0 saturated heterocycles. The van der Waals surface area contributed by atoms with Crippen molar-refractivity contribution in [3.63, 3.8) is 0 Å². The standard InChI is InChI=1S/C14H18N2O2/c1-3-4-9(2)8-15-10-5-6-11-12(7-10)14(18)16-13(11)17/h5-7,9,15H,3-4,8H2,1-2H3,(H,16,17,18). The topological polar surface area (TPSA) is 58.2 Å². The molecule has 18 heavy (non-hydrogen) atoms. The highest BCUT2D eigenvalue weighted by Gasteiger charge is 2.26. The molecule has 0 fully saturated rings. The van der Waals surface area contributed by atoms with Crippen LogP contribution in [0.2, 0.25) is 0 Å². The van der Waals surface area contributed by atoms with Crippen LogP contribution in [0.3, 0.4) is 0 Å². The summed E-state index contributed by atoms with van der Waals surface area (Å²) < 4.78 is 0. The molecule has 1 aromatic rings. The van der Waals surface area contributed by atoms with Gasteiger partial charge in [-0.1, -0.05) is 20.3 Å².